The minimum Gasteiger partial charge on any atom is -0.335 e. The Kier molecular flexibility index (Phi) is 1.61. The van der Waals surface area contributed by atoms with Crippen molar-refractivity contribution in [3.63, 3.8) is 0 Å². The summed E-state index contributed by atoms with van der Waals surface area (Å²) in [4.78, 5) is 21.4. The molecule has 0 saturated carbocycles. The van der Waals surface area contributed by atoms with E-state index in [0.717, 1.165) is 0 Å². The highest BCUT2D eigenvalue weighted by Crippen LogP contribution is 2.05. The van der Waals surface area contributed by atoms with Crippen LogP contribution in [-0.2, 0) is 4.79 Å². The maximum atomic E-state index is 10.8. The van der Waals surface area contributed by atoms with Gasteiger partial charge in [-0.25, -0.2) is 4.79 Å². The van der Waals surface area contributed by atoms with E-state index < -0.39 is 6.03 Å². The zero-order valence-corrected chi connectivity index (χ0v) is 5.97. The standard InChI is InChI=1S/C6H10N2O2/c1-3-4(2)7-6(10)8-5(3)9/h3-4H,1-2H3,(H2,7,8,9,10)/t3-,4-/m1/s1. The van der Waals surface area contributed by atoms with Crippen LogP contribution in [0.4, 0.5) is 4.79 Å². The molecule has 2 N–H and O–H groups in total. The lowest BCUT2D eigenvalue weighted by Gasteiger charge is -2.25. The predicted molar refractivity (Wildman–Crippen MR) is 35.3 cm³/mol. The first-order chi connectivity index (χ1) is 4.61. The van der Waals surface area contributed by atoms with E-state index in [4.69, 9.17) is 0 Å². The molecule has 0 unspecified atom stereocenters. The number of hydrogen-bond donors (Lipinski definition) is 2. The van der Waals surface area contributed by atoms with Crippen LogP contribution in [0.2, 0.25) is 0 Å². The van der Waals surface area contributed by atoms with Crippen molar-refractivity contribution in [2.75, 3.05) is 0 Å². The molecule has 56 valence electrons. The van der Waals surface area contributed by atoms with Crippen molar-refractivity contribution < 1.29 is 9.59 Å². The van der Waals surface area contributed by atoms with E-state index in [2.05, 4.69) is 10.6 Å². The second-order valence-corrected chi connectivity index (χ2v) is 2.54. The van der Waals surface area contributed by atoms with Crippen LogP contribution in [0.3, 0.4) is 0 Å². The number of amides is 3. The Balaban J connectivity index is 2.66. The van der Waals surface area contributed by atoms with Crippen molar-refractivity contribution in [2.24, 2.45) is 5.92 Å². The molecule has 1 rings (SSSR count). The molecule has 4 nitrogen and oxygen atoms in total. The molecule has 1 aliphatic heterocycles. The van der Waals surface area contributed by atoms with Crippen molar-refractivity contribution in [3.8, 4) is 0 Å². The molecule has 2 atom stereocenters. The van der Waals surface area contributed by atoms with Gasteiger partial charge in [0.1, 0.15) is 0 Å². The molecule has 0 aromatic carbocycles. The monoisotopic (exact) mass is 142 g/mol. The number of carbonyl (C=O) groups is 2. The van der Waals surface area contributed by atoms with Crippen LogP contribution in [0.1, 0.15) is 13.8 Å². The lowest BCUT2D eigenvalue weighted by atomic mass is 10.0. The van der Waals surface area contributed by atoms with Gasteiger partial charge in [0.15, 0.2) is 0 Å². The molecule has 0 aromatic rings. The molecule has 10 heavy (non-hydrogen) atoms. The normalized spacial score (nSPS) is 33.0. The maximum Gasteiger partial charge on any atom is 0.321 e. The first kappa shape index (κ1) is 7.05. The smallest absolute Gasteiger partial charge is 0.321 e. The first-order valence-electron chi connectivity index (χ1n) is 3.22. The summed E-state index contributed by atoms with van der Waals surface area (Å²) in [6, 6.07) is -0.447. The maximum absolute atomic E-state index is 10.8. The summed E-state index contributed by atoms with van der Waals surface area (Å²) in [7, 11) is 0. The minimum atomic E-state index is -0.393. The summed E-state index contributed by atoms with van der Waals surface area (Å²) in [6.45, 7) is 3.58. The summed E-state index contributed by atoms with van der Waals surface area (Å²) in [5.74, 6) is -0.325. The predicted octanol–water partition coefficient (Wildman–Crippen LogP) is -0.150. The number of carbonyl (C=O) groups excluding carboxylic acids is 2. The highest BCUT2D eigenvalue weighted by atomic mass is 16.2. The van der Waals surface area contributed by atoms with Crippen molar-refractivity contribution in [1.82, 2.24) is 10.6 Å². The second kappa shape index (κ2) is 2.28. The molecule has 3 amide bonds. The fraction of sp³-hybridized carbons (Fsp3) is 0.667. The van der Waals surface area contributed by atoms with Crippen molar-refractivity contribution in [3.05, 3.63) is 0 Å². The fourth-order valence-corrected chi connectivity index (χ4v) is 0.821. The largest absolute Gasteiger partial charge is 0.335 e. The number of rotatable bonds is 0. The molecule has 0 spiro atoms. The number of nitrogens with one attached hydrogen (secondary N) is 2. The van der Waals surface area contributed by atoms with E-state index in [0.29, 0.717) is 0 Å². The Morgan fingerprint density at radius 1 is 1.30 bits per heavy atom. The van der Waals surface area contributed by atoms with E-state index >= 15 is 0 Å². The van der Waals surface area contributed by atoms with Crippen LogP contribution in [0.25, 0.3) is 0 Å². The summed E-state index contributed by atoms with van der Waals surface area (Å²) in [5, 5.41) is 4.76. The Labute approximate surface area is 59.0 Å². The van der Waals surface area contributed by atoms with Gasteiger partial charge < -0.3 is 5.32 Å². The quantitative estimate of drug-likeness (QED) is 0.494. The number of imide groups is 1. The Morgan fingerprint density at radius 3 is 2.40 bits per heavy atom. The molecule has 1 saturated heterocycles. The van der Waals surface area contributed by atoms with Crippen molar-refractivity contribution >= 4 is 11.9 Å². The minimum absolute atomic E-state index is 0.0544. The van der Waals surface area contributed by atoms with Gasteiger partial charge >= 0.3 is 6.03 Å². The molecule has 1 aliphatic rings. The molecule has 0 aromatic heterocycles. The Bertz CT molecular complexity index is 179. The van der Waals surface area contributed by atoms with Gasteiger partial charge in [0.25, 0.3) is 0 Å². The number of hydrogen-bond acceptors (Lipinski definition) is 2. The van der Waals surface area contributed by atoms with Gasteiger partial charge in [0.2, 0.25) is 5.91 Å². The lowest BCUT2D eigenvalue weighted by Crippen LogP contribution is -2.56. The third-order valence-corrected chi connectivity index (χ3v) is 1.76. The van der Waals surface area contributed by atoms with Gasteiger partial charge in [-0.1, -0.05) is 6.92 Å². The van der Waals surface area contributed by atoms with Gasteiger partial charge in [-0.05, 0) is 6.92 Å². The summed E-state index contributed by atoms with van der Waals surface area (Å²) in [5.41, 5.74) is 0. The highest BCUT2D eigenvalue weighted by Gasteiger charge is 2.27. The summed E-state index contributed by atoms with van der Waals surface area (Å²) >= 11 is 0. The first-order valence-corrected chi connectivity index (χ1v) is 3.22. The third-order valence-electron chi connectivity index (χ3n) is 1.76. The molecular weight excluding hydrogens is 132 g/mol. The van der Waals surface area contributed by atoms with Crippen molar-refractivity contribution in [2.45, 2.75) is 19.9 Å². The molecule has 1 heterocycles. The van der Waals surface area contributed by atoms with Gasteiger partial charge in [0, 0.05) is 6.04 Å². The SMILES string of the molecule is C[C@H]1NC(=O)NC(=O)[C@@H]1C. The third kappa shape index (κ3) is 1.10. The Morgan fingerprint density at radius 2 is 1.90 bits per heavy atom. The summed E-state index contributed by atoms with van der Waals surface area (Å²) in [6.07, 6.45) is 0. The molecule has 0 radical (unpaired) electrons. The summed E-state index contributed by atoms with van der Waals surface area (Å²) < 4.78 is 0. The number of urea groups is 1. The fourth-order valence-electron chi connectivity index (χ4n) is 0.821. The topological polar surface area (TPSA) is 58.2 Å². The Hall–Kier alpha value is -1.06. The van der Waals surface area contributed by atoms with Crippen LogP contribution in [0, 0.1) is 5.92 Å². The molecule has 4 heteroatoms. The van der Waals surface area contributed by atoms with Crippen LogP contribution >= 0.6 is 0 Å². The van der Waals surface area contributed by atoms with Crippen LogP contribution < -0.4 is 10.6 Å². The second-order valence-electron chi connectivity index (χ2n) is 2.54. The average molecular weight is 142 g/mol. The lowest BCUT2D eigenvalue weighted by molar-refractivity contribution is -0.124. The van der Waals surface area contributed by atoms with Gasteiger partial charge in [0.05, 0.1) is 5.92 Å². The van der Waals surface area contributed by atoms with E-state index in [1.807, 2.05) is 0 Å². The van der Waals surface area contributed by atoms with E-state index in [1.54, 1.807) is 13.8 Å². The van der Waals surface area contributed by atoms with E-state index in [9.17, 15) is 9.59 Å². The van der Waals surface area contributed by atoms with E-state index in [-0.39, 0.29) is 17.9 Å². The zero-order chi connectivity index (χ0) is 7.72. The van der Waals surface area contributed by atoms with Crippen molar-refractivity contribution in [1.29, 1.82) is 0 Å². The highest BCUT2D eigenvalue weighted by molar-refractivity contribution is 5.98. The van der Waals surface area contributed by atoms with Crippen LogP contribution in [0.5, 0.6) is 0 Å². The molecule has 0 aliphatic carbocycles. The molecule has 1 fully saturated rings. The zero-order valence-electron chi connectivity index (χ0n) is 5.97. The van der Waals surface area contributed by atoms with Gasteiger partial charge in [-0.2, -0.15) is 0 Å². The van der Waals surface area contributed by atoms with Gasteiger partial charge in [-0.15, -0.1) is 0 Å². The molecular formula is C6H10N2O2. The van der Waals surface area contributed by atoms with Gasteiger partial charge in [-0.3, -0.25) is 10.1 Å². The van der Waals surface area contributed by atoms with Crippen LogP contribution in [0.15, 0.2) is 0 Å². The average Bonchev–Trinajstić information content (AvgIpc) is 1.82. The molecule has 0 bridgehead atoms. The van der Waals surface area contributed by atoms with Crippen LogP contribution in [-0.4, -0.2) is 18.0 Å². The van der Waals surface area contributed by atoms with E-state index in [1.165, 1.54) is 0 Å².